The van der Waals surface area contributed by atoms with Crippen LogP contribution < -0.4 is 11.5 Å². The Balaban J connectivity index is 3.85. The van der Waals surface area contributed by atoms with Gasteiger partial charge in [0.05, 0.1) is 0 Å². The standard InChI is InChI=1S/C7H14N2O4S/c1-7(9,6(12)13)3-14-2-4(8)5(10)11/h4H,2-3,8-9H2,1H3,(H,10,11)(H,12,13)/t4-,7+/m0/s1. The SMILES string of the molecule is C[C@@](N)(CSC[C@H](N)C(=O)O)C(=O)O. The molecule has 0 rings (SSSR count). The summed E-state index contributed by atoms with van der Waals surface area (Å²) in [4.78, 5) is 20.8. The van der Waals surface area contributed by atoms with E-state index in [-0.39, 0.29) is 11.5 Å². The first-order chi connectivity index (χ1) is 6.27. The number of nitrogens with two attached hydrogens (primary N) is 2. The maximum Gasteiger partial charge on any atom is 0.324 e. The Bertz CT molecular complexity index is 232. The molecule has 0 heterocycles. The zero-order chi connectivity index (χ0) is 11.4. The molecule has 0 spiro atoms. The molecule has 0 fully saturated rings. The van der Waals surface area contributed by atoms with Gasteiger partial charge in [0, 0.05) is 11.5 Å². The summed E-state index contributed by atoms with van der Waals surface area (Å²) in [5.74, 6) is -1.95. The van der Waals surface area contributed by atoms with Crippen molar-refractivity contribution in [2.75, 3.05) is 11.5 Å². The van der Waals surface area contributed by atoms with Gasteiger partial charge in [0.1, 0.15) is 11.6 Å². The number of carbonyl (C=O) groups is 2. The van der Waals surface area contributed by atoms with Gasteiger partial charge < -0.3 is 21.7 Å². The summed E-state index contributed by atoms with van der Waals surface area (Å²) >= 11 is 1.11. The molecule has 0 saturated carbocycles. The molecular weight excluding hydrogens is 208 g/mol. The average Bonchev–Trinajstić information content (AvgIpc) is 2.03. The highest BCUT2D eigenvalue weighted by Crippen LogP contribution is 2.11. The third kappa shape index (κ3) is 4.45. The van der Waals surface area contributed by atoms with Crippen molar-refractivity contribution in [2.45, 2.75) is 18.5 Å². The number of hydrogen-bond acceptors (Lipinski definition) is 5. The highest BCUT2D eigenvalue weighted by atomic mass is 32.2. The zero-order valence-electron chi connectivity index (χ0n) is 7.77. The molecule has 2 atom stereocenters. The zero-order valence-corrected chi connectivity index (χ0v) is 8.58. The molecule has 0 unspecified atom stereocenters. The van der Waals surface area contributed by atoms with Crippen molar-refractivity contribution < 1.29 is 19.8 Å². The van der Waals surface area contributed by atoms with Gasteiger partial charge in [-0.1, -0.05) is 0 Å². The molecule has 0 amide bonds. The van der Waals surface area contributed by atoms with Gasteiger partial charge in [0.2, 0.25) is 0 Å². The topological polar surface area (TPSA) is 127 Å². The molecule has 0 aliphatic rings. The Kier molecular flexibility index (Phi) is 4.89. The van der Waals surface area contributed by atoms with E-state index in [0.29, 0.717) is 0 Å². The van der Waals surface area contributed by atoms with Crippen LogP contribution in [0, 0.1) is 0 Å². The molecule has 6 N–H and O–H groups in total. The average molecular weight is 222 g/mol. The second kappa shape index (κ2) is 5.18. The molecule has 0 radical (unpaired) electrons. The normalized spacial score (nSPS) is 17.1. The summed E-state index contributed by atoms with van der Waals surface area (Å²) in [5, 5.41) is 17.1. The molecule has 0 bridgehead atoms. The summed E-state index contributed by atoms with van der Waals surface area (Å²) < 4.78 is 0. The minimum Gasteiger partial charge on any atom is -0.480 e. The molecule has 14 heavy (non-hydrogen) atoms. The van der Waals surface area contributed by atoms with Crippen LogP contribution in [0.5, 0.6) is 0 Å². The largest absolute Gasteiger partial charge is 0.480 e. The van der Waals surface area contributed by atoms with Crippen molar-refractivity contribution >= 4 is 23.7 Å². The Morgan fingerprint density at radius 3 is 2.36 bits per heavy atom. The van der Waals surface area contributed by atoms with Gasteiger partial charge in [-0.2, -0.15) is 11.8 Å². The first-order valence-corrected chi connectivity index (χ1v) is 5.01. The lowest BCUT2D eigenvalue weighted by molar-refractivity contribution is -0.141. The van der Waals surface area contributed by atoms with Crippen molar-refractivity contribution in [3.8, 4) is 0 Å². The van der Waals surface area contributed by atoms with Crippen LogP contribution in [-0.4, -0.2) is 45.2 Å². The summed E-state index contributed by atoms with van der Waals surface area (Å²) in [6.45, 7) is 1.37. The van der Waals surface area contributed by atoms with Gasteiger partial charge >= 0.3 is 11.9 Å². The first kappa shape index (κ1) is 13.2. The van der Waals surface area contributed by atoms with Crippen LogP contribution in [0.15, 0.2) is 0 Å². The first-order valence-electron chi connectivity index (χ1n) is 3.86. The molecular formula is C7H14N2O4S. The lowest BCUT2D eigenvalue weighted by atomic mass is 10.1. The van der Waals surface area contributed by atoms with Gasteiger partial charge in [-0.15, -0.1) is 0 Å². The molecule has 82 valence electrons. The quantitative estimate of drug-likeness (QED) is 0.451. The van der Waals surface area contributed by atoms with E-state index in [2.05, 4.69) is 0 Å². The van der Waals surface area contributed by atoms with E-state index in [4.69, 9.17) is 21.7 Å². The number of aliphatic carboxylic acids is 2. The lowest BCUT2D eigenvalue weighted by Crippen LogP contribution is -2.47. The van der Waals surface area contributed by atoms with E-state index >= 15 is 0 Å². The minimum atomic E-state index is -1.34. The van der Waals surface area contributed by atoms with Crippen molar-refractivity contribution in [1.82, 2.24) is 0 Å². The van der Waals surface area contributed by atoms with E-state index in [1.807, 2.05) is 0 Å². The van der Waals surface area contributed by atoms with Crippen molar-refractivity contribution in [3.63, 3.8) is 0 Å². The highest BCUT2D eigenvalue weighted by molar-refractivity contribution is 7.99. The second-order valence-electron chi connectivity index (χ2n) is 3.18. The summed E-state index contributed by atoms with van der Waals surface area (Å²) in [5.41, 5.74) is 9.28. The smallest absolute Gasteiger partial charge is 0.324 e. The molecule has 0 aromatic heterocycles. The number of hydrogen-bond donors (Lipinski definition) is 4. The second-order valence-corrected chi connectivity index (χ2v) is 4.21. The van der Waals surface area contributed by atoms with Crippen molar-refractivity contribution in [2.24, 2.45) is 11.5 Å². The fourth-order valence-corrected chi connectivity index (χ4v) is 1.59. The van der Waals surface area contributed by atoms with Crippen LogP contribution >= 0.6 is 11.8 Å². The van der Waals surface area contributed by atoms with E-state index < -0.39 is 23.5 Å². The lowest BCUT2D eigenvalue weighted by Gasteiger charge is -2.18. The van der Waals surface area contributed by atoms with Crippen LogP contribution in [0.25, 0.3) is 0 Å². The van der Waals surface area contributed by atoms with Gasteiger partial charge in [0.25, 0.3) is 0 Å². The van der Waals surface area contributed by atoms with E-state index in [9.17, 15) is 9.59 Å². The van der Waals surface area contributed by atoms with Crippen LogP contribution in [0.2, 0.25) is 0 Å². The predicted octanol–water partition coefficient (Wildman–Crippen LogP) is -1.07. The Labute approximate surface area is 85.6 Å². The third-order valence-electron chi connectivity index (χ3n) is 1.51. The Hall–Kier alpha value is -0.790. The van der Waals surface area contributed by atoms with Crippen LogP contribution in [0.3, 0.4) is 0 Å². The van der Waals surface area contributed by atoms with Crippen LogP contribution in [0.1, 0.15) is 6.92 Å². The Morgan fingerprint density at radius 1 is 1.50 bits per heavy atom. The molecule has 0 saturated heterocycles. The number of carboxylic acid groups (broad SMARTS) is 2. The number of carboxylic acids is 2. The van der Waals surface area contributed by atoms with Gasteiger partial charge in [-0.05, 0) is 6.92 Å². The van der Waals surface area contributed by atoms with E-state index in [0.717, 1.165) is 11.8 Å². The van der Waals surface area contributed by atoms with Gasteiger partial charge in [-0.25, -0.2) is 0 Å². The van der Waals surface area contributed by atoms with E-state index in [1.54, 1.807) is 0 Å². The maximum atomic E-state index is 10.5. The molecule has 0 aliphatic heterocycles. The van der Waals surface area contributed by atoms with Crippen molar-refractivity contribution in [1.29, 1.82) is 0 Å². The van der Waals surface area contributed by atoms with Crippen LogP contribution in [0.4, 0.5) is 0 Å². The van der Waals surface area contributed by atoms with Gasteiger partial charge in [0.15, 0.2) is 0 Å². The number of rotatable bonds is 6. The predicted molar refractivity (Wildman–Crippen MR) is 53.2 cm³/mol. The fourth-order valence-electron chi connectivity index (χ4n) is 0.531. The molecule has 6 nitrogen and oxygen atoms in total. The molecule has 0 aromatic carbocycles. The fraction of sp³-hybridized carbons (Fsp3) is 0.714. The molecule has 0 aliphatic carbocycles. The monoisotopic (exact) mass is 222 g/mol. The highest BCUT2D eigenvalue weighted by Gasteiger charge is 2.28. The Morgan fingerprint density at radius 2 is 2.00 bits per heavy atom. The molecule has 7 heteroatoms. The van der Waals surface area contributed by atoms with Crippen LogP contribution in [-0.2, 0) is 9.59 Å². The summed E-state index contributed by atoms with van der Waals surface area (Å²) in [6.07, 6.45) is 0. The van der Waals surface area contributed by atoms with Crippen molar-refractivity contribution in [3.05, 3.63) is 0 Å². The molecule has 0 aromatic rings. The van der Waals surface area contributed by atoms with E-state index in [1.165, 1.54) is 6.92 Å². The third-order valence-corrected chi connectivity index (χ3v) is 2.90. The summed E-state index contributed by atoms with van der Waals surface area (Å²) in [7, 11) is 0. The number of thioether (sulfide) groups is 1. The summed E-state index contributed by atoms with van der Waals surface area (Å²) in [6, 6.07) is -0.982. The maximum absolute atomic E-state index is 10.5. The van der Waals surface area contributed by atoms with Gasteiger partial charge in [-0.3, -0.25) is 9.59 Å². The minimum absolute atomic E-state index is 0.128.